The second-order valence-electron chi connectivity index (χ2n) is 5.88. The normalized spacial score (nSPS) is 11.3. The van der Waals surface area contributed by atoms with Gasteiger partial charge in [-0.1, -0.05) is 29.8 Å². The van der Waals surface area contributed by atoms with Gasteiger partial charge in [0.1, 0.15) is 5.65 Å². The lowest BCUT2D eigenvalue weighted by atomic mass is 10.1. The number of nitrogens with zero attached hydrogens (tertiary/aromatic N) is 3. The Morgan fingerprint density at radius 1 is 1.19 bits per heavy atom. The zero-order valence-corrected chi connectivity index (χ0v) is 18.8. The molecular weight excluding hydrogens is 505 g/mol. The monoisotopic (exact) mass is 527 g/mol. The number of aliphatic imine (C=N–C) groups is 1. The molecule has 1 aromatic carbocycles. The SMILES string of the molecule is CCNC(=NCc1cccc(C)c1)NCc1cn2cc(Br)ccc2n1.I. The van der Waals surface area contributed by atoms with Crippen LogP contribution in [0.4, 0.5) is 0 Å². The first-order valence-corrected chi connectivity index (χ1v) is 9.14. The maximum absolute atomic E-state index is 4.66. The molecule has 0 radical (unpaired) electrons. The van der Waals surface area contributed by atoms with E-state index in [1.807, 2.05) is 28.9 Å². The summed E-state index contributed by atoms with van der Waals surface area (Å²) in [5.41, 5.74) is 4.36. The molecule has 138 valence electrons. The van der Waals surface area contributed by atoms with Gasteiger partial charge < -0.3 is 15.0 Å². The second kappa shape index (κ2) is 9.91. The minimum atomic E-state index is 0. The van der Waals surface area contributed by atoms with Gasteiger partial charge in [0, 0.05) is 23.4 Å². The van der Waals surface area contributed by atoms with Crippen molar-refractivity contribution in [3.63, 3.8) is 0 Å². The summed E-state index contributed by atoms with van der Waals surface area (Å²) in [7, 11) is 0. The van der Waals surface area contributed by atoms with Crippen molar-refractivity contribution in [3.8, 4) is 0 Å². The van der Waals surface area contributed by atoms with E-state index < -0.39 is 0 Å². The topological polar surface area (TPSA) is 53.7 Å². The maximum atomic E-state index is 4.66. The average Bonchev–Trinajstić information content (AvgIpc) is 2.99. The number of rotatable bonds is 5. The highest BCUT2D eigenvalue weighted by Gasteiger charge is 2.04. The summed E-state index contributed by atoms with van der Waals surface area (Å²) in [6.07, 6.45) is 4.03. The highest BCUT2D eigenvalue weighted by Crippen LogP contribution is 2.12. The number of pyridine rings is 1. The molecule has 3 aromatic rings. The third kappa shape index (κ3) is 5.70. The summed E-state index contributed by atoms with van der Waals surface area (Å²) in [6, 6.07) is 12.4. The van der Waals surface area contributed by atoms with Gasteiger partial charge in [-0.05, 0) is 47.5 Å². The summed E-state index contributed by atoms with van der Waals surface area (Å²) in [5, 5.41) is 6.63. The van der Waals surface area contributed by atoms with Crippen LogP contribution in [0.3, 0.4) is 0 Å². The van der Waals surface area contributed by atoms with Crippen molar-refractivity contribution in [2.45, 2.75) is 26.9 Å². The van der Waals surface area contributed by atoms with Gasteiger partial charge in [0.05, 0.1) is 18.8 Å². The molecule has 0 unspecified atom stereocenters. The summed E-state index contributed by atoms with van der Waals surface area (Å²) >= 11 is 3.48. The number of aromatic nitrogens is 2. The molecule has 0 fully saturated rings. The Bertz CT molecular complexity index is 891. The molecule has 0 atom stereocenters. The van der Waals surface area contributed by atoms with E-state index in [0.717, 1.165) is 28.3 Å². The Balaban J connectivity index is 0.00000243. The maximum Gasteiger partial charge on any atom is 0.191 e. The number of aryl methyl sites for hydroxylation is 1. The van der Waals surface area contributed by atoms with Crippen molar-refractivity contribution in [1.82, 2.24) is 20.0 Å². The van der Waals surface area contributed by atoms with Gasteiger partial charge in [0.2, 0.25) is 0 Å². The molecule has 2 N–H and O–H groups in total. The van der Waals surface area contributed by atoms with Crippen LogP contribution in [0.5, 0.6) is 0 Å². The first-order chi connectivity index (χ1) is 12.1. The van der Waals surface area contributed by atoms with Crippen LogP contribution in [-0.2, 0) is 13.1 Å². The first kappa shape index (κ1) is 20.7. The standard InChI is InChI=1S/C19H22BrN5.HI/c1-3-21-19(22-10-15-6-4-5-14(2)9-15)23-11-17-13-25-12-16(20)7-8-18(25)24-17;/h4-9,12-13H,3,10-11H2,1-2H3,(H2,21,22,23);1H. The predicted octanol–water partition coefficient (Wildman–Crippen LogP) is 4.28. The zero-order chi connectivity index (χ0) is 17.6. The lowest BCUT2D eigenvalue weighted by Crippen LogP contribution is -2.36. The van der Waals surface area contributed by atoms with Crippen LogP contribution < -0.4 is 10.6 Å². The van der Waals surface area contributed by atoms with E-state index in [2.05, 4.69) is 74.7 Å². The molecule has 2 aromatic heterocycles. The lowest BCUT2D eigenvalue weighted by molar-refractivity contribution is 0.804. The molecule has 0 bridgehead atoms. The van der Waals surface area contributed by atoms with E-state index in [1.54, 1.807) is 0 Å². The van der Waals surface area contributed by atoms with Crippen molar-refractivity contribution < 1.29 is 0 Å². The van der Waals surface area contributed by atoms with Crippen LogP contribution in [-0.4, -0.2) is 21.9 Å². The van der Waals surface area contributed by atoms with Crippen molar-refractivity contribution in [2.75, 3.05) is 6.54 Å². The van der Waals surface area contributed by atoms with Gasteiger partial charge in [-0.25, -0.2) is 9.98 Å². The fraction of sp³-hybridized carbons (Fsp3) is 0.263. The Labute approximate surface area is 179 Å². The fourth-order valence-corrected chi connectivity index (χ4v) is 2.95. The quantitative estimate of drug-likeness (QED) is 0.296. The number of nitrogens with one attached hydrogen (secondary N) is 2. The number of imidazole rings is 1. The molecule has 0 amide bonds. The summed E-state index contributed by atoms with van der Waals surface area (Å²) in [5.74, 6) is 0.794. The van der Waals surface area contributed by atoms with Gasteiger partial charge in [-0.3, -0.25) is 0 Å². The van der Waals surface area contributed by atoms with Crippen molar-refractivity contribution in [2.24, 2.45) is 4.99 Å². The smallest absolute Gasteiger partial charge is 0.191 e. The minimum absolute atomic E-state index is 0. The highest BCUT2D eigenvalue weighted by atomic mass is 127. The number of hydrogen-bond acceptors (Lipinski definition) is 2. The Morgan fingerprint density at radius 3 is 2.81 bits per heavy atom. The van der Waals surface area contributed by atoms with Gasteiger partial charge in [0.25, 0.3) is 0 Å². The first-order valence-electron chi connectivity index (χ1n) is 8.35. The third-order valence-corrected chi connectivity index (χ3v) is 4.22. The molecule has 0 aliphatic rings. The fourth-order valence-electron chi connectivity index (χ4n) is 2.60. The Hall–Kier alpha value is -1.61. The largest absolute Gasteiger partial charge is 0.357 e. The Morgan fingerprint density at radius 2 is 2.04 bits per heavy atom. The molecule has 26 heavy (non-hydrogen) atoms. The molecule has 2 heterocycles. The number of guanidine groups is 1. The third-order valence-electron chi connectivity index (χ3n) is 3.75. The molecule has 0 saturated carbocycles. The second-order valence-corrected chi connectivity index (χ2v) is 6.80. The number of benzene rings is 1. The van der Waals surface area contributed by atoms with Crippen molar-refractivity contribution >= 4 is 51.5 Å². The van der Waals surface area contributed by atoms with Gasteiger partial charge in [-0.15, -0.1) is 24.0 Å². The Kier molecular flexibility index (Phi) is 7.89. The summed E-state index contributed by atoms with van der Waals surface area (Å²) in [4.78, 5) is 9.27. The van der Waals surface area contributed by atoms with Crippen LogP contribution in [0, 0.1) is 6.92 Å². The van der Waals surface area contributed by atoms with Gasteiger partial charge in [0.15, 0.2) is 5.96 Å². The molecule has 0 saturated heterocycles. The minimum Gasteiger partial charge on any atom is -0.357 e. The molecule has 0 aliphatic heterocycles. The van der Waals surface area contributed by atoms with E-state index in [9.17, 15) is 0 Å². The van der Waals surface area contributed by atoms with E-state index in [-0.39, 0.29) is 24.0 Å². The highest BCUT2D eigenvalue weighted by molar-refractivity contribution is 14.0. The van der Waals surface area contributed by atoms with Crippen molar-refractivity contribution in [3.05, 3.63) is 70.1 Å². The van der Waals surface area contributed by atoms with Crippen LogP contribution in [0.25, 0.3) is 5.65 Å². The van der Waals surface area contributed by atoms with E-state index in [0.29, 0.717) is 13.1 Å². The van der Waals surface area contributed by atoms with Crippen LogP contribution in [0.2, 0.25) is 0 Å². The molecule has 5 nitrogen and oxygen atoms in total. The average molecular weight is 528 g/mol. The number of hydrogen-bond donors (Lipinski definition) is 2. The summed E-state index contributed by atoms with van der Waals surface area (Å²) < 4.78 is 3.04. The number of fused-ring (bicyclic) bond motifs is 1. The van der Waals surface area contributed by atoms with E-state index >= 15 is 0 Å². The summed E-state index contributed by atoms with van der Waals surface area (Å²) in [6.45, 7) is 6.25. The van der Waals surface area contributed by atoms with Crippen LogP contribution in [0.1, 0.15) is 23.7 Å². The van der Waals surface area contributed by atoms with Gasteiger partial charge in [-0.2, -0.15) is 0 Å². The zero-order valence-electron chi connectivity index (χ0n) is 14.9. The number of halogens is 2. The van der Waals surface area contributed by atoms with Gasteiger partial charge >= 0.3 is 0 Å². The van der Waals surface area contributed by atoms with E-state index in [4.69, 9.17) is 0 Å². The predicted molar refractivity (Wildman–Crippen MR) is 121 cm³/mol. The van der Waals surface area contributed by atoms with Crippen LogP contribution in [0.15, 0.2) is 58.3 Å². The van der Waals surface area contributed by atoms with Crippen molar-refractivity contribution in [1.29, 1.82) is 0 Å². The van der Waals surface area contributed by atoms with E-state index in [1.165, 1.54) is 11.1 Å². The van der Waals surface area contributed by atoms with Crippen LogP contribution >= 0.6 is 39.9 Å². The molecular formula is C19H23BrIN5. The molecule has 3 rings (SSSR count). The molecule has 7 heteroatoms. The molecule has 0 aliphatic carbocycles. The lowest BCUT2D eigenvalue weighted by Gasteiger charge is -2.10. The molecule has 0 spiro atoms.